The number of nitrogens with one attached hydrogen (secondary N) is 2. The van der Waals surface area contributed by atoms with Crippen LogP contribution in [0.1, 0.15) is 77.8 Å². The summed E-state index contributed by atoms with van der Waals surface area (Å²) in [6.45, 7) is 9.26. The smallest absolute Gasteiger partial charge is 0.319 e. The van der Waals surface area contributed by atoms with Gasteiger partial charge in [-0.05, 0) is 67.5 Å². The molecule has 0 saturated heterocycles. The highest BCUT2D eigenvalue weighted by Crippen LogP contribution is 2.49. The predicted octanol–water partition coefficient (Wildman–Crippen LogP) is 7.10. The Kier molecular flexibility index (Phi) is 6.81. The second-order valence-electron chi connectivity index (χ2n) is 10.2. The molecule has 0 fully saturated rings. The minimum atomic E-state index is -0.118. The average molecular weight is 468 g/mol. The van der Waals surface area contributed by atoms with Gasteiger partial charge in [0.05, 0.1) is 0 Å². The number of nitrogens with zero attached hydrogens (tertiary/aromatic N) is 1. The van der Waals surface area contributed by atoms with Crippen molar-refractivity contribution < 1.29 is 4.79 Å². The molecule has 2 aliphatic heterocycles. The first-order valence-electron chi connectivity index (χ1n) is 13.1. The van der Waals surface area contributed by atoms with E-state index in [1.807, 2.05) is 0 Å². The third-order valence-corrected chi connectivity index (χ3v) is 7.64. The largest absolute Gasteiger partial charge is 0.371 e. The molecule has 182 valence electrons. The van der Waals surface area contributed by atoms with Crippen LogP contribution in [-0.2, 0) is 0 Å². The molecule has 0 bridgehead atoms. The van der Waals surface area contributed by atoms with E-state index in [-0.39, 0.29) is 6.03 Å². The lowest BCUT2D eigenvalue weighted by Gasteiger charge is -2.43. The zero-order chi connectivity index (χ0) is 24.4. The molecule has 2 unspecified atom stereocenters. The molecule has 4 heteroatoms. The molecule has 35 heavy (non-hydrogen) atoms. The van der Waals surface area contributed by atoms with Crippen LogP contribution in [0.15, 0.2) is 60.7 Å². The first kappa shape index (κ1) is 23.5. The lowest BCUT2D eigenvalue weighted by molar-refractivity contribution is 0.252. The van der Waals surface area contributed by atoms with Gasteiger partial charge in [-0.15, -0.1) is 0 Å². The Labute approximate surface area is 209 Å². The van der Waals surface area contributed by atoms with E-state index >= 15 is 0 Å². The van der Waals surface area contributed by atoms with Crippen molar-refractivity contribution in [3.05, 3.63) is 94.0 Å². The van der Waals surface area contributed by atoms with Gasteiger partial charge in [0.2, 0.25) is 0 Å². The van der Waals surface area contributed by atoms with Gasteiger partial charge < -0.3 is 15.5 Å². The second-order valence-corrected chi connectivity index (χ2v) is 10.2. The van der Waals surface area contributed by atoms with Gasteiger partial charge in [-0.1, -0.05) is 73.0 Å². The second kappa shape index (κ2) is 10.2. The maximum atomic E-state index is 12.7. The summed E-state index contributed by atoms with van der Waals surface area (Å²) in [5.41, 5.74) is 10.3. The fourth-order valence-corrected chi connectivity index (χ4v) is 5.71. The number of carbonyl (C=O) groups is 1. The van der Waals surface area contributed by atoms with E-state index in [0.717, 1.165) is 44.5 Å². The van der Waals surface area contributed by atoms with Gasteiger partial charge in [0.25, 0.3) is 0 Å². The van der Waals surface area contributed by atoms with E-state index in [0.29, 0.717) is 18.4 Å². The van der Waals surface area contributed by atoms with Crippen molar-refractivity contribution in [1.29, 1.82) is 0 Å². The molecule has 3 aromatic carbocycles. The number of carbonyl (C=O) groups excluding carboxylic acids is 1. The number of amides is 2. The Morgan fingerprint density at radius 3 is 1.86 bits per heavy atom. The minimum Gasteiger partial charge on any atom is -0.371 e. The number of rotatable bonds is 6. The van der Waals surface area contributed by atoms with Gasteiger partial charge in [0.15, 0.2) is 0 Å². The number of benzene rings is 3. The Morgan fingerprint density at radius 1 is 0.857 bits per heavy atom. The number of hydrogen-bond donors (Lipinski definition) is 2. The monoisotopic (exact) mass is 467 g/mol. The molecule has 0 aliphatic carbocycles. The minimum absolute atomic E-state index is 0.118. The van der Waals surface area contributed by atoms with Gasteiger partial charge in [-0.2, -0.15) is 0 Å². The summed E-state index contributed by atoms with van der Waals surface area (Å²) >= 11 is 0. The lowest BCUT2D eigenvalue weighted by atomic mass is 9.76. The van der Waals surface area contributed by atoms with Crippen molar-refractivity contribution in [2.24, 2.45) is 0 Å². The average Bonchev–Trinajstić information content (AvgIpc) is 2.86. The fourth-order valence-electron chi connectivity index (χ4n) is 5.71. The molecule has 2 N–H and O–H groups in total. The maximum absolute atomic E-state index is 12.7. The van der Waals surface area contributed by atoms with Gasteiger partial charge >= 0.3 is 6.03 Å². The van der Waals surface area contributed by atoms with Crippen LogP contribution >= 0.6 is 0 Å². The van der Waals surface area contributed by atoms with Crippen LogP contribution in [0.2, 0.25) is 0 Å². The molecule has 2 heterocycles. The number of aryl methyl sites for hydroxylation is 2. The third kappa shape index (κ3) is 4.93. The topological polar surface area (TPSA) is 44.4 Å². The number of hydrogen-bond acceptors (Lipinski definition) is 2. The zero-order valence-electron chi connectivity index (χ0n) is 21.2. The summed E-state index contributed by atoms with van der Waals surface area (Å²) in [4.78, 5) is 15.3. The maximum Gasteiger partial charge on any atom is 0.319 e. The fraction of sp³-hybridized carbons (Fsp3) is 0.387. The number of urea groups is 1. The summed E-state index contributed by atoms with van der Waals surface area (Å²) in [5.74, 6) is 0.671. The van der Waals surface area contributed by atoms with Crippen LogP contribution in [0, 0.1) is 13.8 Å². The molecular weight excluding hydrogens is 430 g/mol. The standard InChI is InChI=1S/C31H37N3O/c1-4-5-16-32-31(35)33-25-19-28-26(23-10-6-21(2)7-11-23)14-17-34-18-15-27(29(20-25)30(28)34)24-12-8-22(3)9-13-24/h6-13,19-20,26-27H,4-5,14-18H2,1-3H3,(H2,32,33,35). The first-order valence-corrected chi connectivity index (χ1v) is 13.1. The van der Waals surface area contributed by atoms with Gasteiger partial charge in [0, 0.05) is 42.8 Å². The summed E-state index contributed by atoms with van der Waals surface area (Å²) in [7, 11) is 0. The van der Waals surface area contributed by atoms with Crippen molar-refractivity contribution in [3.8, 4) is 0 Å². The van der Waals surface area contributed by atoms with Crippen molar-refractivity contribution in [2.45, 2.75) is 58.3 Å². The molecule has 3 aromatic rings. The quantitative estimate of drug-likeness (QED) is 0.380. The first-order chi connectivity index (χ1) is 17.0. The third-order valence-electron chi connectivity index (χ3n) is 7.64. The van der Waals surface area contributed by atoms with Crippen molar-refractivity contribution >= 4 is 17.4 Å². The van der Waals surface area contributed by atoms with E-state index in [2.05, 4.69) is 97.0 Å². The Morgan fingerprint density at radius 2 is 1.37 bits per heavy atom. The van der Waals surface area contributed by atoms with Crippen molar-refractivity contribution in [1.82, 2.24) is 5.32 Å². The highest BCUT2D eigenvalue weighted by Gasteiger charge is 2.35. The molecular formula is C31H37N3O. The molecule has 2 aliphatic rings. The summed E-state index contributed by atoms with van der Waals surface area (Å²) in [5, 5.41) is 6.17. The van der Waals surface area contributed by atoms with Gasteiger partial charge in [0.1, 0.15) is 0 Å². The molecule has 5 rings (SSSR count). The Balaban J connectivity index is 1.58. The van der Waals surface area contributed by atoms with Crippen LogP contribution < -0.4 is 15.5 Å². The lowest BCUT2D eigenvalue weighted by Crippen LogP contribution is -2.38. The van der Waals surface area contributed by atoms with Crippen LogP contribution in [0.5, 0.6) is 0 Å². The van der Waals surface area contributed by atoms with Crippen LogP contribution in [0.25, 0.3) is 0 Å². The van der Waals surface area contributed by atoms with Crippen LogP contribution in [-0.4, -0.2) is 25.7 Å². The summed E-state index contributed by atoms with van der Waals surface area (Å²) in [6, 6.07) is 22.3. The molecule has 0 spiro atoms. The van der Waals surface area contributed by atoms with Crippen molar-refractivity contribution in [3.63, 3.8) is 0 Å². The molecule has 2 atom stereocenters. The molecule has 2 amide bonds. The number of anilines is 2. The van der Waals surface area contributed by atoms with E-state index in [1.165, 1.54) is 39.1 Å². The van der Waals surface area contributed by atoms with Crippen LogP contribution in [0.4, 0.5) is 16.2 Å². The highest BCUT2D eigenvalue weighted by atomic mass is 16.2. The van der Waals surface area contributed by atoms with Crippen LogP contribution in [0.3, 0.4) is 0 Å². The number of unbranched alkanes of at least 4 members (excludes halogenated alkanes) is 1. The normalized spacial score (nSPS) is 18.7. The Hall–Kier alpha value is -3.27. The molecule has 4 nitrogen and oxygen atoms in total. The van der Waals surface area contributed by atoms with Crippen molar-refractivity contribution in [2.75, 3.05) is 29.9 Å². The zero-order valence-corrected chi connectivity index (χ0v) is 21.2. The van der Waals surface area contributed by atoms with Gasteiger partial charge in [-0.3, -0.25) is 0 Å². The Bertz CT molecular complexity index is 1100. The SMILES string of the molecule is CCCCNC(=O)Nc1cc2c3c(c1)C(c1ccc(C)cc1)CCN3CCC2c1ccc(C)cc1. The van der Waals surface area contributed by atoms with Gasteiger partial charge in [-0.25, -0.2) is 4.79 Å². The van der Waals surface area contributed by atoms with E-state index in [4.69, 9.17) is 0 Å². The van der Waals surface area contributed by atoms with E-state index in [1.54, 1.807) is 0 Å². The summed E-state index contributed by atoms with van der Waals surface area (Å²) < 4.78 is 0. The molecule has 0 aromatic heterocycles. The molecule has 0 radical (unpaired) electrons. The highest BCUT2D eigenvalue weighted by molar-refractivity contribution is 5.90. The van der Waals surface area contributed by atoms with E-state index in [9.17, 15) is 4.79 Å². The van der Waals surface area contributed by atoms with E-state index < -0.39 is 0 Å². The summed E-state index contributed by atoms with van der Waals surface area (Å²) in [6.07, 6.45) is 4.24. The molecule has 0 saturated carbocycles. The predicted molar refractivity (Wildman–Crippen MR) is 146 cm³/mol.